The van der Waals surface area contributed by atoms with E-state index in [1.165, 1.54) is 0 Å². The molecule has 0 spiro atoms. The first-order chi connectivity index (χ1) is 19.2. The highest BCUT2D eigenvalue weighted by Crippen LogP contribution is 2.41. The van der Waals surface area contributed by atoms with Crippen molar-refractivity contribution in [3.05, 3.63) is 107 Å². The Morgan fingerprint density at radius 1 is 1.02 bits per heavy atom. The third kappa shape index (κ3) is 5.45. The fraction of sp³-hybridized carbons (Fsp3) is 0.281. The number of carbonyl (C=O) groups excluding carboxylic acids is 1. The number of anilines is 2. The van der Waals surface area contributed by atoms with E-state index in [0.29, 0.717) is 18.1 Å². The second-order valence-corrected chi connectivity index (χ2v) is 10.9. The summed E-state index contributed by atoms with van der Waals surface area (Å²) in [5.74, 6) is -0.0383. The van der Waals surface area contributed by atoms with Gasteiger partial charge in [-0.15, -0.1) is 0 Å². The van der Waals surface area contributed by atoms with E-state index in [2.05, 4.69) is 74.2 Å². The van der Waals surface area contributed by atoms with Gasteiger partial charge in [0.1, 0.15) is 0 Å². The Labute approximate surface area is 241 Å². The van der Waals surface area contributed by atoms with Gasteiger partial charge in [-0.2, -0.15) is 0 Å². The van der Waals surface area contributed by atoms with E-state index < -0.39 is 0 Å². The van der Waals surface area contributed by atoms with Gasteiger partial charge in [0.2, 0.25) is 5.91 Å². The van der Waals surface area contributed by atoms with Crippen LogP contribution in [-0.2, 0) is 4.79 Å². The largest absolute Gasteiger partial charge is 0.378 e. The van der Waals surface area contributed by atoms with Crippen LogP contribution >= 0.6 is 12.2 Å². The predicted octanol–water partition coefficient (Wildman–Crippen LogP) is 5.86. The van der Waals surface area contributed by atoms with Crippen LogP contribution in [0.1, 0.15) is 46.7 Å². The van der Waals surface area contributed by atoms with Gasteiger partial charge in [0.05, 0.1) is 17.8 Å². The number of aromatic nitrogens is 2. The molecule has 2 aromatic carbocycles. The number of aryl methyl sites for hydroxylation is 2. The third-order valence-electron chi connectivity index (χ3n) is 7.61. The van der Waals surface area contributed by atoms with Crippen molar-refractivity contribution in [1.29, 1.82) is 0 Å². The second kappa shape index (κ2) is 11.5. The fourth-order valence-corrected chi connectivity index (χ4v) is 5.85. The third-order valence-corrected chi connectivity index (χ3v) is 7.96. The van der Waals surface area contributed by atoms with Crippen LogP contribution < -0.4 is 15.5 Å². The number of thiocarbonyl (C=S) groups is 1. The van der Waals surface area contributed by atoms with Crippen molar-refractivity contribution in [2.45, 2.75) is 39.3 Å². The van der Waals surface area contributed by atoms with Crippen molar-refractivity contribution in [2.75, 3.05) is 30.9 Å². The summed E-state index contributed by atoms with van der Waals surface area (Å²) in [4.78, 5) is 21.9. The fourth-order valence-electron chi connectivity index (χ4n) is 5.52. The Kier molecular flexibility index (Phi) is 7.89. The lowest BCUT2D eigenvalue weighted by Gasteiger charge is -2.28. The van der Waals surface area contributed by atoms with E-state index in [1.807, 2.05) is 69.7 Å². The maximum absolute atomic E-state index is 13.0. The molecule has 2 N–H and O–H groups in total. The Balaban J connectivity index is 1.47. The number of hydrogen-bond donors (Lipinski definition) is 2. The second-order valence-electron chi connectivity index (χ2n) is 10.5. The number of para-hydroxylation sites is 1. The van der Waals surface area contributed by atoms with Gasteiger partial charge >= 0.3 is 0 Å². The standard InChI is InChI=1S/C32H36N6OS/c1-21-10-6-7-11-27(21)34-29(39)17-19-37-31(30(35-32(37)40)28-12-8-9-18-33-28)26-20-22(2)38(23(26)3)25-15-13-24(14-16-25)36(4)5/h6-16,18,20,30-31H,17,19H2,1-5H3,(H,34,39)(H,35,40)/t30-,31+/m1/s1. The molecule has 3 heterocycles. The minimum Gasteiger partial charge on any atom is -0.378 e. The van der Waals surface area contributed by atoms with E-state index in [4.69, 9.17) is 12.2 Å². The minimum atomic E-state index is -0.141. The Morgan fingerprint density at radius 3 is 2.42 bits per heavy atom. The van der Waals surface area contributed by atoms with Gasteiger partial charge in [-0.05, 0) is 92.6 Å². The molecule has 1 fully saturated rings. The lowest BCUT2D eigenvalue weighted by atomic mass is 9.96. The molecule has 0 saturated carbocycles. The van der Waals surface area contributed by atoms with Gasteiger partial charge in [0.25, 0.3) is 0 Å². The summed E-state index contributed by atoms with van der Waals surface area (Å²) in [6.45, 7) is 6.76. The van der Waals surface area contributed by atoms with Crippen molar-refractivity contribution >= 4 is 34.6 Å². The molecule has 4 aromatic rings. The molecule has 0 unspecified atom stereocenters. The number of rotatable bonds is 8. The lowest BCUT2D eigenvalue weighted by molar-refractivity contribution is -0.116. The van der Waals surface area contributed by atoms with E-state index in [1.54, 1.807) is 0 Å². The van der Waals surface area contributed by atoms with Crippen molar-refractivity contribution in [3.8, 4) is 5.69 Å². The van der Waals surface area contributed by atoms with Crippen LogP contribution in [-0.4, -0.2) is 46.1 Å². The summed E-state index contributed by atoms with van der Waals surface area (Å²) in [6, 6.07) is 24.3. The summed E-state index contributed by atoms with van der Waals surface area (Å²) in [5.41, 5.74) is 8.50. The first kappa shape index (κ1) is 27.4. The zero-order valence-electron chi connectivity index (χ0n) is 23.7. The molecule has 206 valence electrons. The van der Waals surface area contributed by atoms with Crippen molar-refractivity contribution in [3.63, 3.8) is 0 Å². The molecule has 7 nitrogen and oxygen atoms in total. The smallest absolute Gasteiger partial charge is 0.226 e. The number of amides is 1. The number of nitrogens with one attached hydrogen (secondary N) is 2. The highest BCUT2D eigenvalue weighted by atomic mass is 32.1. The summed E-state index contributed by atoms with van der Waals surface area (Å²) in [7, 11) is 4.09. The first-order valence-corrected chi connectivity index (χ1v) is 14.0. The number of hydrogen-bond acceptors (Lipinski definition) is 4. The zero-order valence-corrected chi connectivity index (χ0v) is 24.5. The average molecular weight is 553 g/mol. The Bertz CT molecular complexity index is 1510. The van der Waals surface area contributed by atoms with Gasteiger partial charge in [-0.25, -0.2) is 0 Å². The molecule has 2 aromatic heterocycles. The minimum absolute atomic E-state index is 0.0383. The van der Waals surface area contributed by atoms with Crippen LogP contribution in [0.5, 0.6) is 0 Å². The Morgan fingerprint density at radius 2 is 1.75 bits per heavy atom. The van der Waals surface area contributed by atoms with Crippen LogP contribution in [0, 0.1) is 20.8 Å². The monoisotopic (exact) mass is 552 g/mol. The lowest BCUT2D eigenvalue weighted by Crippen LogP contribution is -2.33. The summed E-state index contributed by atoms with van der Waals surface area (Å²) in [6.07, 6.45) is 2.12. The SMILES string of the molecule is Cc1ccccc1NC(=O)CCN1C(=S)N[C@H](c2ccccn2)[C@@H]1c1cc(C)n(-c2ccc(N(C)C)cc2)c1C. The molecule has 8 heteroatoms. The molecule has 1 aliphatic heterocycles. The van der Waals surface area contributed by atoms with E-state index in [0.717, 1.165) is 45.3 Å². The van der Waals surface area contributed by atoms with E-state index in [9.17, 15) is 4.79 Å². The molecule has 2 atom stereocenters. The van der Waals surface area contributed by atoms with Gasteiger partial charge in [0.15, 0.2) is 5.11 Å². The van der Waals surface area contributed by atoms with Crippen molar-refractivity contribution in [1.82, 2.24) is 19.8 Å². The quantitative estimate of drug-likeness (QED) is 0.267. The van der Waals surface area contributed by atoms with Crippen LogP contribution in [0.25, 0.3) is 5.69 Å². The average Bonchev–Trinajstić information content (AvgIpc) is 3.43. The molecule has 0 aliphatic carbocycles. The van der Waals surface area contributed by atoms with Crippen LogP contribution in [0.3, 0.4) is 0 Å². The molecule has 5 rings (SSSR count). The van der Waals surface area contributed by atoms with Gasteiger partial charge < -0.3 is 25.0 Å². The number of nitrogens with zero attached hydrogens (tertiary/aromatic N) is 4. The molecular formula is C32H36N6OS. The maximum atomic E-state index is 13.0. The number of benzene rings is 2. The van der Waals surface area contributed by atoms with Gasteiger partial charge in [0, 0.05) is 61.7 Å². The zero-order chi connectivity index (χ0) is 28.4. The number of carbonyl (C=O) groups is 1. The first-order valence-electron chi connectivity index (χ1n) is 13.5. The highest BCUT2D eigenvalue weighted by molar-refractivity contribution is 7.80. The number of pyridine rings is 1. The van der Waals surface area contributed by atoms with Crippen LogP contribution in [0.15, 0.2) is 79.0 Å². The van der Waals surface area contributed by atoms with Crippen LogP contribution in [0.4, 0.5) is 11.4 Å². The molecule has 0 radical (unpaired) electrons. The summed E-state index contributed by atoms with van der Waals surface area (Å²) < 4.78 is 2.29. The molecule has 1 aliphatic rings. The van der Waals surface area contributed by atoms with Gasteiger partial charge in [-0.1, -0.05) is 24.3 Å². The van der Waals surface area contributed by atoms with Crippen molar-refractivity contribution in [2.24, 2.45) is 0 Å². The summed E-state index contributed by atoms with van der Waals surface area (Å²) >= 11 is 5.86. The van der Waals surface area contributed by atoms with Gasteiger partial charge in [-0.3, -0.25) is 9.78 Å². The molecular weight excluding hydrogens is 516 g/mol. The summed E-state index contributed by atoms with van der Waals surface area (Å²) in [5, 5.41) is 7.20. The normalized spacial score (nSPS) is 16.6. The van der Waals surface area contributed by atoms with Crippen LogP contribution in [0.2, 0.25) is 0 Å². The molecule has 1 saturated heterocycles. The predicted molar refractivity (Wildman–Crippen MR) is 166 cm³/mol. The Hall–Kier alpha value is -4.17. The van der Waals surface area contributed by atoms with E-state index in [-0.39, 0.29) is 18.0 Å². The highest BCUT2D eigenvalue weighted by Gasteiger charge is 2.41. The van der Waals surface area contributed by atoms with Crippen molar-refractivity contribution < 1.29 is 4.79 Å². The molecule has 1 amide bonds. The maximum Gasteiger partial charge on any atom is 0.226 e. The van der Waals surface area contributed by atoms with E-state index >= 15 is 0 Å². The molecule has 0 bridgehead atoms. The topological polar surface area (TPSA) is 65.4 Å². The molecule has 40 heavy (non-hydrogen) atoms.